The van der Waals surface area contributed by atoms with E-state index in [1.54, 1.807) is 11.3 Å². The van der Waals surface area contributed by atoms with E-state index >= 15 is 0 Å². The van der Waals surface area contributed by atoms with E-state index in [1.165, 1.54) is 37.8 Å². The molecule has 1 aromatic rings. The minimum atomic E-state index is 0.185. The van der Waals surface area contributed by atoms with Crippen molar-refractivity contribution < 1.29 is 0 Å². The van der Waals surface area contributed by atoms with Crippen LogP contribution < -0.4 is 5.73 Å². The summed E-state index contributed by atoms with van der Waals surface area (Å²) in [6.07, 6.45) is 6.48. The minimum Gasteiger partial charge on any atom is -0.329 e. The van der Waals surface area contributed by atoms with Gasteiger partial charge in [0.1, 0.15) is 0 Å². The second-order valence-electron chi connectivity index (χ2n) is 5.87. The molecule has 2 N–H and O–H groups in total. The van der Waals surface area contributed by atoms with Crippen LogP contribution in [-0.2, 0) is 6.54 Å². The summed E-state index contributed by atoms with van der Waals surface area (Å²) in [5.41, 5.74) is 7.58. The summed E-state index contributed by atoms with van der Waals surface area (Å²) in [6, 6.07) is 0. The second-order valence-corrected chi connectivity index (χ2v) is 6.93. The van der Waals surface area contributed by atoms with E-state index in [4.69, 9.17) is 5.73 Å². The maximum absolute atomic E-state index is 6.20. The number of thiazole rings is 1. The first-order chi connectivity index (χ1) is 9.12. The molecular weight excluding hydrogens is 254 g/mol. The summed E-state index contributed by atoms with van der Waals surface area (Å²) in [6.45, 7) is 6.08. The third-order valence-electron chi connectivity index (χ3n) is 4.84. The van der Waals surface area contributed by atoms with Gasteiger partial charge < -0.3 is 5.73 Å². The van der Waals surface area contributed by atoms with Crippen molar-refractivity contribution in [3.63, 3.8) is 0 Å². The maximum Gasteiger partial charge on any atom is 0.0897 e. The molecule has 1 aromatic heterocycles. The van der Waals surface area contributed by atoms with Crippen LogP contribution >= 0.6 is 11.3 Å². The number of nitrogens with two attached hydrogens (primary N) is 1. The zero-order valence-electron chi connectivity index (χ0n) is 12.5. The van der Waals surface area contributed by atoms with Gasteiger partial charge in [-0.15, -0.1) is 11.3 Å². The van der Waals surface area contributed by atoms with Crippen LogP contribution in [0.25, 0.3) is 0 Å². The molecule has 0 spiro atoms. The number of aromatic nitrogens is 1. The van der Waals surface area contributed by atoms with Gasteiger partial charge in [-0.25, -0.2) is 4.98 Å². The molecular formula is C15H27N3S. The summed E-state index contributed by atoms with van der Waals surface area (Å²) in [4.78, 5) is 7.08. The quantitative estimate of drug-likeness (QED) is 0.901. The van der Waals surface area contributed by atoms with Crippen LogP contribution in [0, 0.1) is 12.8 Å². The zero-order chi connectivity index (χ0) is 13.9. The summed E-state index contributed by atoms with van der Waals surface area (Å²) in [5.74, 6) is 0.732. The maximum atomic E-state index is 6.20. The Kier molecular flexibility index (Phi) is 4.98. The molecule has 1 heterocycles. The summed E-state index contributed by atoms with van der Waals surface area (Å²) < 4.78 is 0. The molecule has 0 radical (unpaired) electrons. The largest absolute Gasteiger partial charge is 0.329 e. The fourth-order valence-corrected chi connectivity index (χ4v) is 4.29. The van der Waals surface area contributed by atoms with Crippen molar-refractivity contribution in [3.8, 4) is 0 Å². The molecule has 0 bridgehead atoms. The Bertz CT molecular complexity index is 404. The Morgan fingerprint density at radius 2 is 2.32 bits per heavy atom. The van der Waals surface area contributed by atoms with Gasteiger partial charge >= 0.3 is 0 Å². The van der Waals surface area contributed by atoms with Crippen molar-refractivity contribution in [2.45, 2.75) is 58.0 Å². The first-order valence-electron chi connectivity index (χ1n) is 7.44. The average Bonchev–Trinajstić information content (AvgIpc) is 2.83. The molecule has 2 unspecified atom stereocenters. The lowest BCUT2D eigenvalue weighted by Gasteiger charge is -2.49. The van der Waals surface area contributed by atoms with Crippen LogP contribution in [-0.4, -0.2) is 29.0 Å². The van der Waals surface area contributed by atoms with Crippen LogP contribution in [0.5, 0.6) is 0 Å². The molecule has 0 amide bonds. The van der Waals surface area contributed by atoms with Crippen LogP contribution in [0.2, 0.25) is 0 Å². The van der Waals surface area contributed by atoms with Crippen LogP contribution in [0.15, 0.2) is 5.38 Å². The van der Waals surface area contributed by atoms with E-state index in [1.807, 2.05) is 0 Å². The molecule has 108 valence electrons. The molecule has 4 heteroatoms. The number of hydrogen-bond acceptors (Lipinski definition) is 4. The van der Waals surface area contributed by atoms with Crippen molar-refractivity contribution in [1.29, 1.82) is 0 Å². The molecule has 2 rings (SSSR count). The number of aryl methyl sites for hydroxylation is 1. The van der Waals surface area contributed by atoms with Crippen LogP contribution in [0.4, 0.5) is 0 Å². The predicted molar refractivity (Wildman–Crippen MR) is 82.4 cm³/mol. The zero-order valence-corrected chi connectivity index (χ0v) is 13.3. The van der Waals surface area contributed by atoms with Gasteiger partial charge in [0.25, 0.3) is 0 Å². The third-order valence-corrected chi connectivity index (χ3v) is 5.67. The van der Waals surface area contributed by atoms with Gasteiger partial charge in [-0.2, -0.15) is 0 Å². The van der Waals surface area contributed by atoms with E-state index in [2.05, 4.69) is 36.2 Å². The lowest BCUT2D eigenvalue weighted by atomic mass is 9.70. The SMILES string of the molecule is CCC1CCCCC1(CN)N(C)Cc1csc(C)n1. The van der Waals surface area contributed by atoms with Gasteiger partial charge in [0.2, 0.25) is 0 Å². The number of likely N-dealkylation sites (N-methyl/N-ethyl adjacent to an activating group) is 1. The lowest BCUT2D eigenvalue weighted by molar-refractivity contribution is 0.0170. The molecule has 1 aliphatic rings. The number of hydrogen-bond donors (Lipinski definition) is 1. The average molecular weight is 281 g/mol. The Morgan fingerprint density at radius 1 is 1.53 bits per heavy atom. The molecule has 1 fully saturated rings. The van der Waals surface area contributed by atoms with Gasteiger partial charge in [-0.05, 0) is 32.7 Å². The highest BCUT2D eigenvalue weighted by molar-refractivity contribution is 7.09. The molecule has 0 aromatic carbocycles. The smallest absolute Gasteiger partial charge is 0.0897 e. The van der Waals surface area contributed by atoms with Crippen molar-refractivity contribution in [1.82, 2.24) is 9.88 Å². The highest BCUT2D eigenvalue weighted by atomic mass is 32.1. The minimum absolute atomic E-state index is 0.185. The van der Waals surface area contributed by atoms with Gasteiger partial charge in [0, 0.05) is 24.0 Å². The predicted octanol–water partition coefficient (Wildman–Crippen LogP) is 3.18. The van der Waals surface area contributed by atoms with Crippen LogP contribution in [0.1, 0.15) is 49.7 Å². The molecule has 0 aliphatic heterocycles. The van der Waals surface area contributed by atoms with Crippen molar-refractivity contribution in [2.24, 2.45) is 11.7 Å². The Balaban J connectivity index is 2.14. The normalized spacial score (nSPS) is 27.9. The number of rotatable bonds is 5. The topological polar surface area (TPSA) is 42.1 Å². The molecule has 0 saturated heterocycles. The molecule has 2 atom stereocenters. The van der Waals surface area contributed by atoms with Crippen molar-refractivity contribution >= 4 is 11.3 Å². The summed E-state index contributed by atoms with van der Waals surface area (Å²) in [7, 11) is 2.23. The van der Waals surface area contributed by atoms with Gasteiger partial charge in [-0.1, -0.05) is 26.2 Å². The first-order valence-corrected chi connectivity index (χ1v) is 8.32. The van der Waals surface area contributed by atoms with Crippen molar-refractivity contribution in [3.05, 3.63) is 16.1 Å². The Labute approximate surface area is 121 Å². The van der Waals surface area contributed by atoms with Gasteiger partial charge in [0.15, 0.2) is 0 Å². The second kappa shape index (κ2) is 6.33. The highest BCUT2D eigenvalue weighted by Crippen LogP contribution is 2.39. The molecule has 3 nitrogen and oxygen atoms in total. The fourth-order valence-electron chi connectivity index (χ4n) is 3.69. The highest BCUT2D eigenvalue weighted by Gasteiger charge is 2.41. The summed E-state index contributed by atoms with van der Waals surface area (Å²) >= 11 is 1.74. The summed E-state index contributed by atoms with van der Waals surface area (Å²) in [5, 5.41) is 3.33. The fraction of sp³-hybridized carbons (Fsp3) is 0.800. The monoisotopic (exact) mass is 281 g/mol. The molecule has 1 saturated carbocycles. The first kappa shape index (κ1) is 14.9. The molecule has 1 aliphatic carbocycles. The Hall–Kier alpha value is -0.450. The number of nitrogens with zero attached hydrogens (tertiary/aromatic N) is 2. The lowest BCUT2D eigenvalue weighted by Crippen LogP contribution is -2.58. The molecule has 19 heavy (non-hydrogen) atoms. The van der Waals surface area contributed by atoms with Gasteiger partial charge in [-0.3, -0.25) is 4.90 Å². The standard InChI is InChI=1S/C15H27N3S/c1-4-13-7-5-6-8-15(13,11-16)18(3)9-14-10-19-12(2)17-14/h10,13H,4-9,11,16H2,1-3H3. The van der Waals surface area contributed by atoms with Crippen molar-refractivity contribution in [2.75, 3.05) is 13.6 Å². The van der Waals surface area contributed by atoms with E-state index in [0.29, 0.717) is 0 Å². The van der Waals surface area contributed by atoms with E-state index in [0.717, 1.165) is 24.0 Å². The van der Waals surface area contributed by atoms with E-state index in [-0.39, 0.29) is 5.54 Å². The Morgan fingerprint density at radius 3 is 2.89 bits per heavy atom. The van der Waals surface area contributed by atoms with Crippen LogP contribution in [0.3, 0.4) is 0 Å². The third kappa shape index (κ3) is 3.01. The van der Waals surface area contributed by atoms with Gasteiger partial charge in [0.05, 0.1) is 10.7 Å². The van der Waals surface area contributed by atoms with E-state index < -0.39 is 0 Å². The van der Waals surface area contributed by atoms with E-state index in [9.17, 15) is 0 Å².